The summed E-state index contributed by atoms with van der Waals surface area (Å²) in [5, 5.41) is 0.543. The second-order valence-electron chi connectivity index (χ2n) is 6.36. The van der Waals surface area contributed by atoms with Crippen molar-refractivity contribution in [2.24, 2.45) is 0 Å². The third kappa shape index (κ3) is 3.51. The van der Waals surface area contributed by atoms with Crippen molar-refractivity contribution in [1.29, 1.82) is 0 Å². The molecule has 0 spiro atoms. The van der Waals surface area contributed by atoms with Gasteiger partial charge in [-0.2, -0.15) is 0 Å². The predicted octanol–water partition coefficient (Wildman–Crippen LogP) is 5.46. The van der Waals surface area contributed by atoms with E-state index in [4.69, 9.17) is 16.0 Å². The third-order valence-electron chi connectivity index (χ3n) is 4.41. The lowest BCUT2D eigenvalue weighted by atomic mass is 10.0. The van der Waals surface area contributed by atoms with E-state index in [1.165, 1.54) is 16.7 Å². The van der Waals surface area contributed by atoms with E-state index in [2.05, 4.69) is 0 Å². The van der Waals surface area contributed by atoms with Crippen molar-refractivity contribution in [3.05, 3.63) is 93.7 Å². The van der Waals surface area contributed by atoms with Gasteiger partial charge in [0.2, 0.25) is 0 Å². The van der Waals surface area contributed by atoms with Gasteiger partial charge in [-0.05, 0) is 48.9 Å². The van der Waals surface area contributed by atoms with Crippen molar-refractivity contribution in [2.75, 3.05) is 4.90 Å². The molecule has 0 atom stereocenters. The first-order chi connectivity index (χ1) is 13.5. The molecule has 0 fully saturated rings. The van der Waals surface area contributed by atoms with E-state index in [0.29, 0.717) is 26.9 Å². The van der Waals surface area contributed by atoms with Gasteiger partial charge in [-0.1, -0.05) is 41.4 Å². The molecule has 0 bridgehead atoms. The zero-order valence-electron chi connectivity index (χ0n) is 15.0. The van der Waals surface area contributed by atoms with Crippen LogP contribution in [0.15, 0.2) is 76.2 Å². The monoisotopic (exact) mass is 409 g/mol. The predicted molar refractivity (Wildman–Crippen MR) is 112 cm³/mol. The average molecular weight is 410 g/mol. The summed E-state index contributed by atoms with van der Waals surface area (Å²) in [6, 6.07) is 17.9. The van der Waals surface area contributed by atoms with Crippen LogP contribution < -0.4 is 4.90 Å². The highest BCUT2D eigenvalue weighted by Crippen LogP contribution is 2.39. The highest BCUT2D eigenvalue weighted by molar-refractivity contribution is 8.03. The molecule has 0 N–H and O–H groups in total. The molecule has 28 heavy (non-hydrogen) atoms. The Labute approximate surface area is 171 Å². The van der Waals surface area contributed by atoms with Crippen LogP contribution in [0.3, 0.4) is 0 Å². The topological polar surface area (TPSA) is 50.5 Å². The summed E-state index contributed by atoms with van der Waals surface area (Å²) in [6.07, 6.45) is 1.59. The molecule has 140 valence electrons. The number of carbonyl (C=O) groups excluding carboxylic acids is 2. The fourth-order valence-corrected chi connectivity index (χ4v) is 4.12. The van der Waals surface area contributed by atoms with Crippen LogP contribution in [0.5, 0.6) is 0 Å². The van der Waals surface area contributed by atoms with Gasteiger partial charge in [-0.25, -0.2) is 4.90 Å². The van der Waals surface area contributed by atoms with Crippen LogP contribution in [-0.2, 0) is 15.3 Å². The summed E-state index contributed by atoms with van der Waals surface area (Å²) in [5.41, 5.74) is 2.72. The molecule has 0 unspecified atom stereocenters. The van der Waals surface area contributed by atoms with Crippen LogP contribution in [0.2, 0.25) is 5.02 Å². The number of nitrogens with zero attached hydrogens (tertiary/aromatic N) is 1. The van der Waals surface area contributed by atoms with Crippen LogP contribution in [0, 0.1) is 6.92 Å². The number of anilines is 1. The first-order valence-corrected chi connectivity index (χ1v) is 10.0. The second-order valence-corrected chi connectivity index (χ2v) is 7.78. The zero-order chi connectivity index (χ0) is 19.7. The van der Waals surface area contributed by atoms with Crippen molar-refractivity contribution < 1.29 is 14.0 Å². The molecule has 1 aliphatic rings. The standard InChI is InChI=1S/C22H16ClNO3S/c1-14-4-6-15(7-5-14)19-20(28-13-18-3-2-12-27-18)22(26)24(21(19)25)17-10-8-16(23)9-11-17/h2-12H,13H2,1H3. The minimum absolute atomic E-state index is 0.334. The number of carbonyl (C=O) groups is 2. The van der Waals surface area contributed by atoms with Crippen molar-refractivity contribution in [3.8, 4) is 0 Å². The number of halogens is 1. The minimum atomic E-state index is -0.335. The van der Waals surface area contributed by atoms with E-state index >= 15 is 0 Å². The normalized spacial score (nSPS) is 14.3. The van der Waals surface area contributed by atoms with E-state index in [-0.39, 0.29) is 11.8 Å². The summed E-state index contributed by atoms with van der Waals surface area (Å²) >= 11 is 7.26. The number of amides is 2. The number of hydrogen-bond donors (Lipinski definition) is 0. The molecule has 1 aliphatic heterocycles. The lowest BCUT2D eigenvalue weighted by Crippen LogP contribution is -2.31. The lowest BCUT2D eigenvalue weighted by molar-refractivity contribution is -0.119. The Balaban J connectivity index is 1.74. The summed E-state index contributed by atoms with van der Waals surface area (Å²) in [5.74, 6) is 0.536. The summed E-state index contributed by atoms with van der Waals surface area (Å²) in [6.45, 7) is 1.98. The van der Waals surface area contributed by atoms with Gasteiger partial charge in [0, 0.05) is 5.02 Å². The Hall–Kier alpha value is -2.76. The minimum Gasteiger partial charge on any atom is -0.468 e. The van der Waals surface area contributed by atoms with Gasteiger partial charge in [0.05, 0.1) is 28.2 Å². The molecule has 2 aromatic carbocycles. The van der Waals surface area contributed by atoms with Gasteiger partial charge in [0.25, 0.3) is 11.8 Å². The Bertz CT molecular complexity index is 1050. The van der Waals surface area contributed by atoms with Gasteiger partial charge >= 0.3 is 0 Å². The smallest absolute Gasteiger partial charge is 0.272 e. The van der Waals surface area contributed by atoms with Crippen LogP contribution in [0.25, 0.3) is 5.57 Å². The van der Waals surface area contributed by atoms with E-state index in [0.717, 1.165) is 16.9 Å². The first kappa shape index (κ1) is 18.6. The Morgan fingerprint density at radius 1 is 0.964 bits per heavy atom. The number of rotatable bonds is 5. The van der Waals surface area contributed by atoms with Gasteiger partial charge in [-0.15, -0.1) is 11.8 Å². The fraction of sp³-hybridized carbons (Fsp3) is 0.0909. The SMILES string of the molecule is Cc1ccc(C2=C(SCc3ccco3)C(=O)N(c3ccc(Cl)cc3)C2=O)cc1. The molecule has 6 heteroatoms. The molecular weight excluding hydrogens is 394 g/mol. The number of imide groups is 1. The van der Waals surface area contributed by atoms with E-state index in [1.807, 2.05) is 37.3 Å². The maximum absolute atomic E-state index is 13.2. The highest BCUT2D eigenvalue weighted by atomic mass is 35.5. The number of furan rings is 1. The summed E-state index contributed by atoms with van der Waals surface area (Å²) < 4.78 is 5.37. The Morgan fingerprint density at radius 3 is 2.32 bits per heavy atom. The zero-order valence-corrected chi connectivity index (χ0v) is 16.6. The highest BCUT2D eigenvalue weighted by Gasteiger charge is 2.40. The number of thioether (sulfide) groups is 1. The van der Waals surface area contributed by atoms with Crippen molar-refractivity contribution in [2.45, 2.75) is 12.7 Å². The van der Waals surface area contributed by atoms with E-state index in [1.54, 1.807) is 36.6 Å². The summed E-state index contributed by atoms with van der Waals surface area (Å²) in [7, 11) is 0. The number of aryl methyl sites for hydroxylation is 1. The van der Waals surface area contributed by atoms with Gasteiger partial charge in [0.15, 0.2) is 0 Å². The van der Waals surface area contributed by atoms with Gasteiger partial charge in [0.1, 0.15) is 5.76 Å². The molecule has 0 aliphatic carbocycles. The maximum atomic E-state index is 13.2. The fourth-order valence-electron chi connectivity index (χ4n) is 2.98. The van der Waals surface area contributed by atoms with Gasteiger partial charge in [-0.3, -0.25) is 9.59 Å². The largest absolute Gasteiger partial charge is 0.468 e. The molecule has 0 radical (unpaired) electrons. The second kappa shape index (κ2) is 7.70. The van der Waals surface area contributed by atoms with Crippen LogP contribution in [0.4, 0.5) is 5.69 Å². The molecule has 0 saturated heterocycles. The van der Waals surface area contributed by atoms with Crippen molar-refractivity contribution in [3.63, 3.8) is 0 Å². The van der Waals surface area contributed by atoms with Crippen molar-refractivity contribution in [1.82, 2.24) is 0 Å². The average Bonchev–Trinajstić information content (AvgIpc) is 3.28. The maximum Gasteiger partial charge on any atom is 0.272 e. The molecule has 0 saturated carbocycles. The quantitative estimate of drug-likeness (QED) is 0.525. The molecule has 2 heterocycles. The van der Waals surface area contributed by atoms with Crippen molar-refractivity contribution >= 4 is 46.4 Å². The van der Waals surface area contributed by atoms with Crippen LogP contribution in [0.1, 0.15) is 16.9 Å². The summed E-state index contributed by atoms with van der Waals surface area (Å²) in [4.78, 5) is 28.0. The Morgan fingerprint density at radius 2 is 1.68 bits per heavy atom. The van der Waals surface area contributed by atoms with Gasteiger partial charge < -0.3 is 4.42 Å². The molecular formula is C22H16ClNO3S. The molecule has 2 amide bonds. The molecule has 1 aromatic heterocycles. The molecule has 3 aromatic rings. The third-order valence-corrected chi connectivity index (χ3v) is 5.75. The molecule has 4 nitrogen and oxygen atoms in total. The lowest BCUT2D eigenvalue weighted by Gasteiger charge is -2.15. The molecule has 4 rings (SSSR count). The Kier molecular flexibility index (Phi) is 5.11. The number of benzene rings is 2. The number of hydrogen-bond acceptors (Lipinski definition) is 4. The van der Waals surface area contributed by atoms with E-state index < -0.39 is 0 Å². The van der Waals surface area contributed by atoms with E-state index in [9.17, 15) is 9.59 Å². The van der Waals surface area contributed by atoms with Crippen LogP contribution in [-0.4, -0.2) is 11.8 Å². The first-order valence-electron chi connectivity index (χ1n) is 8.65. The van der Waals surface area contributed by atoms with Crippen LogP contribution >= 0.6 is 23.4 Å².